The summed E-state index contributed by atoms with van der Waals surface area (Å²) in [6, 6.07) is 15.7. The molecule has 1 N–H and O–H groups in total. The van der Waals surface area contributed by atoms with E-state index in [2.05, 4.69) is 9.71 Å². The number of aromatic nitrogens is 1. The van der Waals surface area contributed by atoms with E-state index in [9.17, 15) is 13.2 Å². The number of amides is 1. The Balaban J connectivity index is 1.56. The molecule has 0 saturated carbocycles. The molecule has 1 aliphatic heterocycles. The van der Waals surface area contributed by atoms with Crippen molar-refractivity contribution in [3.63, 3.8) is 0 Å². The number of carbonyl (C=O) groups excluding carboxylic acids is 1. The smallest absolute Gasteiger partial charge is 0.253 e. The molecular weight excluding hydrogens is 386 g/mol. The van der Waals surface area contributed by atoms with Gasteiger partial charge < -0.3 is 4.90 Å². The van der Waals surface area contributed by atoms with Crippen LogP contribution in [0, 0.1) is 6.92 Å². The highest BCUT2D eigenvalue weighted by atomic mass is 32.2. The molecule has 1 atom stereocenters. The largest absolute Gasteiger partial charge is 0.337 e. The monoisotopic (exact) mass is 409 g/mol. The lowest BCUT2D eigenvalue weighted by Crippen LogP contribution is -2.49. The summed E-state index contributed by atoms with van der Waals surface area (Å²) < 4.78 is 29.1. The number of nitrogens with zero attached hydrogens (tertiary/aromatic N) is 2. The minimum absolute atomic E-state index is 0.0699. The van der Waals surface area contributed by atoms with E-state index in [0.29, 0.717) is 36.0 Å². The number of benzene rings is 2. The molecule has 0 bridgehead atoms. The maximum absolute atomic E-state index is 13.1. The molecular formula is C22H23N3O3S. The quantitative estimate of drug-likeness (QED) is 0.718. The fraction of sp³-hybridized carbons (Fsp3) is 0.273. The third-order valence-electron chi connectivity index (χ3n) is 5.27. The van der Waals surface area contributed by atoms with Gasteiger partial charge in [0.25, 0.3) is 5.91 Å². The summed E-state index contributed by atoms with van der Waals surface area (Å²) in [5.41, 5.74) is 2.23. The van der Waals surface area contributed by atoms with Crippen LogP contribution >= 0.6 is 0 Å². The second kappa shape index (κ2) is 7.93. The lowest BCUT2D eigenvalue weighted by Gasteiger charge is -2.33. The van der Waals surface area contributed by atoms with Gasteiger partial charge in [-0.25, -0.2) is 13.1 Å². The normalized spacial score (nSPS) is 17.4. The molecule has 1 aliphatic rings. The first-order chi connectivity index (χ1) is 14.0. The third-order valence-corrected chi connectivity index (χ3v) is 6.85. The lowest BCUT2D eigenvalue weighted by atomic mass is 10.1. The molecule has 1 fully saturated rings. The van der Waals surface area contributed by atoms with Crippen molar-refractivity contribution in [1.29, 1.82) is 0 Å². The Morgan fingerprint density at radius 1 is 1.10 bits per heavy atom. The first-order valence-electron chi connectivity index (χ1n) is 9.67. The molecule has 3 aromatic rings. The average Bonchev–Trinajstić information content (AvgIpc) is 2.74. The van der Waals surface area contributed by atoms with E-state index in [-0.39, 0.29) is 16.8 Å². The number of piperidine rings is 1. The summed E-state index contributed by atoms with van der Waals surface area (Å²) in [7, 11) is -3.74. The number of sulfonamides is 1. The van der Waals surface area contributed by atoms with Crippen molar-refractivity contribution < 1.29 is 13.2 Å². The highest BCUT2D eigenvalue weighted by Crippen LogP contribution is 2.25. The molecule has 1 amide bonds. The molecule has 4 rings (SSSR count). The number of likely N-dealkylation sites (tertiary alicyclic amines) is 1. The van der Waals surface area contributed by atoms with Gasteiger partial charge in [0.2, 0.25) is 10.0 Å². The van der Waals surface area contributed by atoms with Crippen LogP contribution in [0.4, 0.5) is 0 Å². The number of fused-ring (bicyclic) bond motifs is 1. The second-order valence-electron chi connectivity index (χ2n) is 7.36. The van der Waals surface area contributed by atoms with E-state index in [1.165, 1.54) is 0 Å². The van der Waals surface area contributed by atoms with Crippen LogP contribution in [0.15, 0.2) is 65.7 Å². The molecule has 1 unspecified atom stereocenters. The van der Waals surface area contributed by atoms with Crippen molar-refractivity contribution in [1.82, 2.24) is 14.6 Å². The molecule has 1 saturated heterocycles. The van der Waals surface area contributed by atoms with Crippen LogP contribution in [-0.2, 0) is 10.0 Å². The molecule has 0 aliphatic carbocycles. The van der Waals surface area contributed by atoms with E-state index < -0.39 is 10.0 Å². The SMILES string of the molecule is Cc1ccc(S(=O)(=O)NC2CCCN(C(=O)c3ccccc3)C2)c2cccnc12. The fourth-order valence-electron chi connectivity index (χ4n) is 3.83. The van der Waals surface area contributed by atoms with Gasteiger partial charge in [-0.3, -0.25) is 9.78 Å². The van der Waals surface area contributed by atoms with Crippen molar-refractivity contribution in [3.8, 4) is 0 Å². The zero-order valence-electron chi connectivity index (χ0n) is 16.2. The van der Waals surface area contributed by atoms with Gasteiger partial charge in [-0.1, -0.05) is 24.3 Å². The van der Waals surface area contributed by atoms with Gasteiger partial charge in [0.1, 0.15) is 0 Å². The standard InChI is InChI=1S/C22H23N3O3S/c1-16-11-12-20(19-10-5-13-23-21(16)19)29(27,28)24-18-9-6-14-25(15-18)22(26)17-7-3-2-4-8-17/h2-5,7-8,10-13,18,24H,6,9,14-15H2,1H3. The maximum atomic E-state index is 13.1. The zero-order valence-corrected chi connectivity index (χ0v) is 17.0. The number of rotatable bonds is 4. The Labute approximate surface area is 170 Å². The Hall–Kier alpha value is -2.77. The third kappa shape index (κ3) is 4.02. The molecule has 150 valence electrons. The van der Waals surface area contributed by atoms with Crippen molar-refractivity contribution in [2.75, 3.05) is 13.1 Å². The lowest BCUT2D eigenvalue weighted by molar-refractivity contribution is 0.0703. The van der Waals surface area contributed by atoms with Gasteiger partial charge in [-0.15, -0.1) is 0 Å². The van der Waals surface area contributed by atoms with Gasteiger partial charge in [-0.2, -0.15) is 0 Å². The highest BCUT2D eigenvalue weighted by molar-refractivity contribution is 7.89. The Kier molecular flexibility index (Phi) is 5.34. The van der Waals surface area contributed by atoms with Crippen LogP contribution in [0.2, 0.25) is 0 Å². The van der Waals surface area contributed by atoms with Crippen molar-refractivity contribution in [2.24, 2.45) is 0 Å². The van der Waals surface area contributed by atoms with Crippen molar-refractivity contribution in [2.45, 2.75) is 30.7 Å². The maximum Gasteiger partial charge on any atom is 0.253 e. The number of carbonyl (C=O) groups is 1. The topological polar surface area (TPSA) is 79.4 Å². The summed E-state index contributed by atoms with van der Waals surface area (Å²) in [5, 5.41) is 0.605. The molecule has 7 heteroatoms. The number of aryl methyl sites for hydroxylation is 1. The first kappa shape index (κ1) is 19.5. The molecule has 6 nitrogen and oxygen atoms in total. The molecule has 2 heterocycles. The van der Waals surface area contributed by atoms with E-state index >= 15 is 0 Å². The number of hydrogen-bond acceptors (Lipinski definition) is 4. The van der Waals surface area contributed by atoms with Crippen molar-refractivity contribution in [3.05, 3.63) is 71.9 Å². The van der Waals surface area contributed by atoms with Gasteiger partial charge in [0.15, 0.2) is 0 Å². The van der Waals surface area contributed by atoms with Crippen LogP contribution in [0.5, 0.6) is 0 Å². The van der Waals surface area contributed by atoms with E-state index in [4.69, 9.17) is 0 Å². The van der Waals surface area contributed by atoms with Crippen LogP contribution in [-0.4, -0.2) is 43.3 Å². The van der Waals surface area contributed by atoms with E-state index in [1.54, 1.807) is 47.5 Å². The summed E-state index contributed by atoms with van der Waals surface area (Å²) in [6.45, 7) is 2.89. The number of hydrogen-bond donors (Lipinski definition) is 1. The minimum atomic E-state index is -3.74. The Morgan fingerprint density at radius 2 is 1.90 bits per heavy atom. The summed E-state index contributed by atoms with van der Waals surface area (Å²) in [6.07, 6.45) is 3.11. The predicted molar refractivity (Wildman–Crippen MR) is 112 cm³/mol. The van der Waals surface area contributed by atoms with Gasteiger partial charge >= 0.3 is 0 Å². The van der Waals surface area contributed by atoms with Crippen LogP contribution < -0.4 is 4.72 Å². The summed E-state index contributed by atoms with van der Waals surface area (Å²) >= 11 is 0. The minimum Gasteiger partial charge on any atom is -0.337 e. The molecule has 29 heavy (non-hydrogen) atoms. The zero-order chi connectivity index (χ0) is 20.4. The van der Waals surface area contributed by atoms with Gasteiger partial charge in [0.05, 0.1) is 10.4 Å². The predicted octanol–water partition coefficient (Wildman–Crippen LogP) is 3.13. The number of pyridine rings is 1. The fourth-order valence-corrected chi connectivity index (χ4v) is 5.29. The molecule has 0 radical (unpaired) electrons. The molecule has 1 aromatic heterocycles. The van der Waals surface area contributed by atoms with Crippen LogP contribution in [0.25, 0.3) is 10.9 Å². The Morgan fingerprint density at radius 3 is 2.69 bits per heavy atom. The van der Waals surface area contributed by atoms with Crippen molar-refractivity contribution >= 4 is 26.8 Å². The summed E-state index contributed by atoms with van der Waals surface area (Å²) in [5.74, 6) is -0.0699. The van der Waals surface area contributed by atoms with Crippen LogP contribution in [0.3, 0.4) is 0 Å². The second-order valence-corrected chi connectivity index (χ2v) is 9.04. The van der Waals surface area contributed by atoms with Crippen LogP contribution in [0.1, 0.15) is 28.8 Å². The summed E-state index contributed by atoms with van der Waals surface area (Å²) in [4.78, 5) is 19.0. The Bertz CT molecular complexity index is 1150. The van der Waals surface area contributed by atoms with E-state index in [0.717, 1.165) is 12.0 Å². The first-order valence-corrected chi connectivity index (χ1v) is 11.1. The molecule has 0 spiro atoms. The highest BCUT2D eigenvalue weighted by Gasteiger charge is 2.29. The van der Waals surface area contributed by atoms with Gasteiger partial charge in [-0.05, 0) is 55.7 Å². The average molecular weight is 410 g/mol. The number of nitrogens with one attached hydrogen (secondary N) is 1. The molecule has 2 aromatic carbocycles. The van der Waals surface area contributed by atoms with E-state index in [1.807, 2.05) is 25.1 Å². The van der Waals surface area contributed by atoms with Gasteiger partial charge in [0, 0.05) is 36.3 Å².